The smallest absolute Gasteiger partial charge is 0.306 e. The van der Waals surface area contributed by atoms with Crippen molar-refractivity contribution in [2.45, 2.75) is 17.5 Å². The van der Waals surface area contributed by atoms with Crippen molar-refractivity contribution in [1.29, 1.82) is 0 Å². The molecule has 1 rings (SSSR count). The molecule has 0 amide bonds. The van der Waals surface area contributed by atoms with E-state index in [0.29, 0.717) is 0 Å². The Morgan fingerprint density at radius 3 is 2.29 bits per heavy atom. The molecule has 0 aliphatic carbocycles. The van der Waals surface area contributed by atoms with E-state index in [4.69, 9.17) is 10.2 Å². The monoisotopic (exact) mass is 262 g/mol. The summed E-state index contributed by atoms with van der Waals surface area (Å²) in [5.41, 5.74) is 0. The van der Waals surface area contributed by atoms with E-state index in [9.17, 15) is 17.6 Å². The van der Waals surface area contributed by atoms with Crippen LogP contribution >= 0.6 is 0 Å². The van der Waals surface area contributed by atoms with Gasteiger partial charge < -0.3 is 10.2 Å². The molecule has 0 saturated heterocycles. The molecule has 0 bridgehead atoms. The van der Waals surface area contributed by atoms with Crippen LogP contribution in [0.2, 0.25) is 0 Å². The standard InChI is InChI=1S/C10H11FO5S/c11-7(5-10(13)14)6-17(15,16)9-3-1-8(12)2-4-9/h1-4,7,12H,5-6H2,(H,13,14). The number of aromatic hydroxyl groups is 1. The first-order chi connectivity index (χ1) is 7.81. The summed E-state index contributed by atoms with van der Waals surface area (Å²) < 4.78 is 36.3. The highest BCUT2D eigenvalue weighted by atomic mass is 32.2. The zero-order chi connectivity index (χ0) is 13.1. The Balaban J connectivity index is 2.82. The van der Waals surface area contributed by atoms with Crippen molar-refractivity contribution in [3.63, 3.8) is 0 Å². The van der Waals surface area contributed by atoms with Crippen molar-refractivity contribution in [2.24, 2.45) is 0 Å². The van der Waals surface area contributed by atoms with Crippen LogP contribution in [0.15, 0.2) is 29.2 Å². The normalized spacial score (nSPS) is 13.2. The molecule has 0 fully saturated rings. The summed E-state index contributed by atoms with van der Waals surface area (Å²) >= 11 is 0. The number of carboxylic acids is 1. The molecule has 7 heteroatoms. The fourth-order valence-electron chi connectivity index (χ4n) is 1.24. The average molecular weight is 262 g/mol. The van der Waals surface area contributed by atoms with E-state index >= 15 is 0 Å². The minimum absolute atomic E-state index is 0.105. The van der Waals surface area contributed by atoms with Crippen molar-refractivity contribution in [1.82, 2.24) is 0 Å². The van der Waals surface area contributed by atoms with Gasteiger partial charge in [-0.25, -0.2) is 12.8 Å². The van der Waals surface area contributed by atoms with Gasteiger partial charge in [-0.2, -0.15) is 0 Å². The van der Waals surface area contributed by atoms with Crippen LogP contribution in [-0.4, -0.2) is 36.5 Å². The van der Waals surface area contributed by atoms with Crippen molar-refractivity contribution in [3.8, 4) is 5.75 Å². The molecule has 0 aromatic heterocycles. The largest absolute Gasteiger partial charge is 0.508 e. The molecule has 0 radical (unpaired) electrons. The first kappa shape index (κ1) is 13.4. The highest BCUT2D eigenvalue weighted by Gasteiger charge is 2.22. The second kappa shape index (κ2) is 5.13. The molecule has 1 aromatic carbocycles. The van der Waals surface area contributed by atoms with E-state index in [1.165, 1.54) is 0 Å². The number of halogens is 1. The van der Waals surface area contributed by atoms with Crippen molar-refractivity contribution >= 4 is 15.8 Å². The number of aliphatic carboxylic acids is 1. The van der Waals surface area contributed by atoms with Crippen molar-refractivity contribution < 1.29 is 27.8 Å². The minimum Gasteiger partial charge on any atom is -0.508 e. The average Bonchev–Trinajstić information content (AvgIpc) is 2.15. The van der Waals surface area contributed by atoms with Gasteiger partial charge in [0.15, 0.2) is 9.84 Å². The molecule has 0 saturated carbocycles. The highest BCUT2D eigenvalue weighted by molar-refractivity contribution is 7.91. The predicted molar refractivity (Wildman–Crippen MR) is 57.3 cm³/mol. The summed E-state index contributed by atoms with van der Waals surface area (Å²) in [5, 5.41) is 17.3. The molecule has 2 N–H and O–H groups in total. The van der Waals surface area contributed by atoms with Crippen LogP contribution in [0, 0.1) is 0 Å². The zero-order valence-corrected chi connectivity index (χ0v) is 9.52. The van der Waals surface area contributed by atoms with Crippen LogP contribution in [0.3, 0.4) is 0 Å². The molecule has 0 aliphatic heterocycles. The lowest BCUT2D eigenvalue weighted by molar-refractivity contribution is -0.138. The quantitative estimate of drug-likeness (QED) is 0.825. The van der Waals surface area contributed by atoms with E-state index in [-0.39, 0.29) is 10.6 Å². The van der Waals surface area contributed by atoms with Gasteiger partial charge in [-0.05, 0) is 24.3 Å². The molecule has 1 aromatic rings. The second-order valence-corrected chi connectivity index (χ2v) is 5.50. The fourth-order valence-corrected chi connectivity index (χ4v) is 2.57. The van der Waals surface area contributed by atoms with Gasteiger partial charge in [0.05, 0.1) is 17.1 Å². The first-order valence-electron chi connectivity index (χ1n) is 4.69. The van der Waals surface area contributed by atoms with Gasteiger partial charge >= 0.3 is 5.97 Å². The van der Waals surface area contributed by atoms with Crippen molar-refractivity contribution in [3.05, 3.63) is 24.3 Å². The lowest BCUT2D eigenvalue weighted by Gasteiger charge is -2.07. The number of phenolic OH excluding ortho intramolecular Hbond substituents is 1. The van der Waals surface area contributed by atoms with Gasteiger partial charge in [0.25, 0.3) is 0 Å². The number of carbonyl (C=O) groups is 1. The molecule has 0 heterocycles. The Morgan fingerprint density at radius 2 is 1.82 bits per heavy atom. The van der Waals surface area contributed by atoms with Gasteiger partial charge in [-0.1, -0.05) is 0 Å². The van der Waals surface area contributed by atoms with Crippen LogP contribution in [0.5, 0.6) is 5.75 Å². The number of phenols is 1. The van der Waals surface area contributed by atoms with Gasteiger partial charge in [-0.3, -0.25) is 4.79 Å². The van der Waals surface area contributed by atoms with Crippen LogP contribution in [0.1, 0.15) is 6.42 Å². The molecule has 1 unspecified atom stereocenters. The molecular formula is C10H11FO5S. The Bertz CT molecular complexity index is 494. The first-order valence-corrected chi connectivity index (χ1v) is 6.34. The summed E-state index contributed by atoms with van der Waals surface area (Å²) in [6, 6.07) is 4.60. The van der Waals surface area contributed by atoms with E-state index in [1.807, 2.05) is 0 Å². The zero-order valence-electron chi connectivity index (χ0n) is 8.71. The van der Waals surface area contributed by atoms with Crippen molar-refractivity contribution in [2.75, 3.05) is 5.75 Å². The summed E-state index contributed by atoms with van der Waals surface area (Å²) in [5.74, 6) is -2.38. The Hall–Kier alpha value is -1.63. The number of rotatable bonds is 5. The van der Waals surface area contributed by atoms with E-state index in [1.54, 1.807) is 0 Å². The lowest BCUT2D eigenvalue weighted by Crippen LogP contribution is -2.20. The molecule has 17 heavy (non-hydrogen) atoms. The maximum Gasteiger partial charge on any atom is 0.306 e. The van der Waals surface area contributed by atoms with Gasteiger partial charge in [0, 0.05) is 0 Å². The number of alkyl halides is 1. The molecule has 0 spiro atoms. The number of hydrogen-bond acceptors (Lipinski definition) is 4. The van der Waals surface area contributed by atoms with E-state index in [2.05, 4.69) is 0 Å². The lowest BCUT2D eigenvalue weighted by atomic mass is 10.3. The molecule has 0 aliphatic rings. The third kappa shape index (κ3) is 4.03. The predicted octanol–water partition coefficient (Wildman–Crippen LogP) is 0.979. The third-order valence-corrected chi connectivity index (χ3v) is 3.78. The topological polar surface area (TPSA) is 91.7 Å². The summed E-state index contributed by atoms with van der Waals surface area (Å²) in [4.78, 5) is 10.1. The highest BCUT2D eigenvalue weighted by Crippen LogP contribution is 2.17. The summed E-state index contributed by atoms with van der Waals surface area (Å²) in [6.45, 7) is 0. The van der Waals surface area contributed by atoms with E-state index in [0.717, 1.165) is 24.3 Å². The summed E-state index contributed by atoms with van der Waals surface area (Å²) in [7, 11) is -3.87. The third-order valence-electron chi connectivity index (χ3n) is 1.99. The second-order valence-electron chi connectivity index (χ2n) is 3.47. The van der Waals surface area contributed by atoms with Crippen LogP contribution in [-0.2, 0) is 14.6 Å². The number of hydrogen-bond donors (Lipinski definition) is 2. The molecular weight excluding hydrogens is 251 g/mol. The maximum atomic E-state index is 13.1. The molecule has 1 atom stereocenters. The summed E-state index contributed by atoms with van der Waals surface area (Å²) in [6.07, 6.45) is -2.80. The minimum atomic E-state index is -3.87. The van der Waals surface area contributed by atoms with Crippen LogP contribution < -0.4 is 0 Å². The Labute approximate surface area is 97.4 Å². The molecule has 94 valence electrons. The fraction of sp³-hybridized carbons (Fsp3) is 0.300. The van der Waals surface area contributed by atoms with Gasteiger partial charge in [0.2, 0.25) is 0 Å². The Morgan fingerprint density at radius 1 is 1.29 bits per heavy atom. The van der Waals surface area contributed by atoms with Gasteiger partial charge in [0.1, 0.15) is 11.9 Å². The SMILES string of the molecule is O=C(O)CC(F)CS(=O)(=O)c1ccc(O)cc1. The number of benzene rings is 1. The Kier molecular flexibility index (Phi) is 4.06. The number of sulfone groups is 1. The number of carboxylic acid groups (broad SMARTS) is 1. The van der Waals surface area contributed by atoms with Gasteiger partial charge in [-0.15, -0.1) is 0 Å². The van der Waals surface area contributed by atoms with E-state index < -0.39 is 34.2 Å². The van der Waals surface area contributed by atoms with Crippen LogP contribution in [0.4, 0.5) is 4.39 Å². The maximum absolute atomic E-state index is 13.1. The van der Waals surface area contributed by atoms with Crippen LogP contribution in [0.25, 0.3) is 0 Å². The molecule has 5 nitrogen and oxygen atoms in total.